The number of nitrogens with zero attached hydrogens (tertiary/aromatic N) is 1. The van der Waals surface area contributed by atoms with Gasteiger partial charge in [0.05, 0.1) is 6.10 Å². The summed E-state index contributed by atoms with van der Waals surface area (Å²) in [5.74, 6) is 2.70. The van der Waals surface area contributed by atoms with Crippen LogP contribution in [0.5, 0.6) is 0 Å². The van der Waals surface area contributed by atoms with Gasteiger partial charge in [-0.1, -0.05) is 30.3 Å². The van der Waals surface area contributed by atoms with E-state index >= 15 is 0 Å². The Morgan fingerprint density at radius 2 is 2.04 bits per heavy atom. The number of aliphatic hydroxyl groups excluding tert-OH is 1. The van der Waals surface area contributed by atoms with Crippen molar-refractivity contribution in [2.75, 3.05) is 31.1 Å². The van der Waals surface area contributed by atoms with Crippen LogP contribution in [-0.4, -0.2) is 53.1 Å². The number of hydrogen-bond acceptors (Lipinski definition) is 4. The number of hydrogen-bond donors (Lipinski definition) is 2. The van der Waals surface area contributed by atoms with Crippen molar-refractivity contribution in [1.82, 2.24) is 10.2 Å². The number of rotatable bonds is 4. The number of likely N-dealkylation sites (tertiary alicyclic amines) is 1. The van der Waals surface area contributed by atoms with Gasteiger partial charge in [-0.05, 0) is 24.3 Å². The highest BCUT2D eigenvalue weighted by Gasteiger charge is 2.29. The molecule has 1 amide bonds. The van der Waals surface area contributed by atoms with Crippen molar-refractivity contribution >= 4 is 17.7 Å². The Balaban J connectivity index is 1.47. The summed E-state index contributed by atoms with van der Waals surface area (Å²) in [6.45, 7) is 2.55. The van der Waals surface area contributed by atoms with E-state index in [0.717, 1.165) is 49.5 Å². The van der Waals surface area contributed by atoms with Crippen LogP contribution < -0.4 is 5.32 Å². The lowest BCUT2D eigenvalue weighted by atomic mass is 9.87. The number of piperidine rings is 1. The maximum absolute atomic E-state index is 12.4. The molecule has 0 aliphatic carbocycles. The second-order valence-electron chi connectivity index (χ2n) is 6.50. The Bertz CT molecular complexity index is 497. The van der Waals surface area contributed by atoms with Crippen LogP contribution in [0, 0.1) is 5.92 Å². The van der Waals surface area contributed by atoms with Gasteiger partial charge in [-0.15, -0.1) is 0 Å². The number of carbonyl (C=O) groups is 1. The second kappa shape index (κ2) is 8.18. The van der Waals surface area contributed by atoms with E-state index in [9.17, 15) is 9.90 Å². The van der Waals surface area contributed by atoms with Gasteiger partial charge >= 0.3 is 0 Å². The summed E-state index contributed by atoms with van der Waals surface area (Å²) in [4.78, 5) is 14.4. The minimum absolute atomic E-state index is 0.254. The van der Waals surface area contributed by atoms with Crippen LogP contribution >= 0.6 is 11.8 Å². The monoisotopic (exact) mass is 334 g/mol. The molecule has 2 unspecified atom stereocenters. The van der Waals surface area contributed by atoms with Gasteiger partial charge < -0.3 is 15.3 Å². The van der Waals surface area contributed by atoms with Gasteiger partial charge in [-0.25, -0.2) is 0 Å². The van der Waals surface area contributed by atoms with Gasteiger partial charge in [0.25, 0.3) is 0 Å². The Hall–Kier alpha value is -1.04. The standard InChI is InChI=1S/C18H26N2O2S/c21-17(12-16-13-23-11-8-19-16)20-9-6-15(7-10-20)18(22)14-4-2-1-3-5-14/h1-5,15-16,18-19,22H,6-13H2. The third-order valence-corrected chi connectivity index (χ3v) is 6.03. The zero-order valence-corrected chi connectivity index (χ0v) is 14.3. The molecule has 5 heteroatoms. The summed E-state index contributed by atoms with van der Waals surface area (Å²) in [6, 6.07) is 10.2. The predicted molar refractivity (Wildman–Crippen MR) is 94.4 cm³/mol. The minimum atomic E-state index is -0.412. The first-order chi connectivity index (χ1) is 11.2. The van der Waals surface area contributed by atoms with Gasteiger partial charge in [0.15, 0.2) is 0 Å². The molecule has 2 saturated heterocycles. The van der Waals surface area contributed by atoms with Gasteiger partial charge in [0, 0.05) is 43.6 Å². The highest BCUT2D eigenvalue weighted by molar-refractivity contribution is 7.99. The average Bonchev–Trinajstić information content (AvgIpc) is 2.63. The Kier molecular flexibility index (Phi) is 5.97. The fourth-order valence-corrected chi connectivity index (χ4v) is 4.43. The molecule has 0 radical (unpaired) electrons. The molecular formula is C18H26N2O2S. The van der Waals surface area contributed by atoms with E-state index in [-0.39, 0.29) is 11.8 Å². The molecule has 126 valence electrons. The molecule has 0 bridgehead atoms. The number of amides is 1. The SMILES string of the molecule is O=C(CC1CSCCN1)N1CCC(C(O)c2ccccc2)CC1. The fourth-order valence-electron chi connectivity index (χ4n) is 3.48. The molecule has 3 rings (SSSR count). The summed E-state index contributed by atoms with van der Waals surface area (Å²) < 4.78 is 0. The van der Waals surface area contributed by atoms with Crippen molar-refractivity contribution in [3.8, 4) is 0 Å². The highest BCUT2D eigenvalue weighted by Crippen LogP contribution is 2.30. The van der Waals surface area contributed by atoms with Gasteiger partial charge in [0.2, 0.25) is 5.91 Å². The summed E-state index contributed by atoms with van der Waals surface area (Å²) >= 11 is 1.93. The molecule has 2 aliphatic rings. The van der Waals surface area contributed by atoms with Crippen molar-refractivity contribution in [2.45, 2.75) is 31.4 Å². The molecule has 0 spiro atoms. The smallest absolute Gasteiger partial charge is 0.224 e. The van der Waals surface area contributed by atoms with Crippen molar-refractivity contribution in [3.63, 3.8) is 0 Å². The normalized spacial score (nSPS) is 24.4. The van der Waals surface area contributed by atoms with Crippen molar-refractivity contribution in [1.29, 1.82) is 0 Å². The maximum atomic E-state index is 12.4. The Morgan fingerprint density at radius 3 is 2.70 bits per heavy atom. The molecule has 0 aromatic heterocycles. The molecule has 2 N–H and O–H groups in total. The van der Waals surface area contributed by atoms with Crippen molar-refractivity contribution < 1.29 is 9.90 Å². The van der Waals surface area contributed by atoms with Crippen LogP contribution in [0.2, 0.25) is 0 Å². The van der Waals surface area contributed by atoms with E-state index in [2.05, 4.69) is 5.32 Å². The molecule has 2 fully saturated rings. The summed E-state index contributed by atoms with van der Waals surface area (Å²) in [5.41, 5.74) is 0.987. The third kappa shape index (κ3) is 4.49. The first kappa shape index (κ1) is 16.8. The van der Waals surface area contributed by atoms with Crippen LogP contribution in [-0.2, 0) is 4.79 Å². The van der Waals surface area contributed by atoms with Crippen LogP contribution in [0.15, 0.2) is 30.3 Å². The summed E-state index contributed by atoms with van der Waals surface area (Å²) in [5, 5.41) is 13.9. The molecular weight excluding hydrogens is 308 g/mol. The van der Waals surface area contributed by atoms with Gasteiger partial charge in [-0.2, -0.15) is 11.8 Å². The molecule has 1 aromatic rings. The highest BCUT2D eigenvalue weighted by atomic mass is 32.2. The lowest BCUT2D eigenvalue weighted by Gasteiger charge is -2.35. The summed E-state index contributed by atoms with van der Waals surface area (Å²) in [7, 11) is 0. The first-order valence-electron chi connectivity index (χ1n) is 8.56. The number of carbonyl (C=O) groups excluding carboxylic acids is 1. The van der Waals surface area contributed by atoms with E-state index in [1.807, 2.05) is 47.0 Å². The second-order valence-corrected chi connectivity index (χ2v) is 7.65. The number of benzene rings is 1. The molecule has 1 aromatic carbocycles. The Morgan fingerprint density at radius 1 is 1.30 bits per heavy atom. The first-order valence-corrected chi connectivity index (χ1v) is 9.71. The zero-order valence-electron chi connectivity index (χ0n) is 13.5. The molecule has 0 saturated carbocycles. The lowest BCUT2D eigenvalue weighted by Crippen LogP contribution is -2.45. The lowest BCUT2D eigenvalue weighted by molar-refractivity contribution is -0.133. The van der Waals surface area contributed by atoms with E-state index in [4.69, 9.17) is 0 Å². The largest absolute Gasteiger partial charge is 0.388 e. The van der Waals surface area contributed by atoms with Gasteiger partial charge in [0.1, 0.15) is 0 Å². The van der Waals surface area contributed by atoms with Gasteiger partial charge in [-0.3, -0.25) is 4.79 Å². The van der Waals surface area contributed by atoms with E-state index in [1.165, 1.54) is 0 Å². The van der Waals surface area contributed by atoms with Crippen molar-refractivity contribution in [3.05, 3.63) is 35.9 Å². The van der Waals surface area contributed by atoms with Crippen LogP contribution in [0.25, 0.3) is 0 Å². The topological polar surface area (TPSA) is 52.6 Å². The molecule has 4 nitrogen and oxygen atoms in total. The van der Waals surface area contributed by atoms with Crippen molar-refractivity contribution in [2.24, 2.45) is 5.92 Å². The molecule has 2 aliphatic heterocycles. The fraction of sp³-hybridized carbons (Fsp3) is 0.611. The maximum Gasteiger partial charge on any atom is 0.224 e. The van der Waals surface area contributed by atoms with Crippen LogP contribution in [0.4, 0.5) is 0 Å². The zero-order chi connectivity index (χ0) is 16.1. The molecule has 2 heterocycles. The average molecular weight is 334 g/mol. The number of nitrogens with one attached hydrogen (secondary N) is 1. The van der Waals surface area contributed by atoms with Crippen LogP contribution in [0.1, 0.15) is 30.9 Å². The molecule has 2 atom stereocenters. The summed E-state index contributed by atoms with van der Waals surface area (Å²) in [6.07, 6.45) is 1.97. The van der Waals surface area contributed by atoms with E-state index in [0.29, 0.717) is 12.5 Å². The van der Waals surface area contributed by atoms with Crippen LogP contribution in [0.3, 0.4) is 0 Å². The minimum Gasteiger partial charge on any atom is -0.388 e. The quantitative estimate of drug-likeness (QED) is 0.885. The predicted octanol–water partition coefficient (Wildman–Crippen LogP) is 2.05. The number of aliphatic hydroxyl groups is 1. The number of thioether (sulfide) groups is 1. The molecule has 23 heavy (non-hydrogen) atoms. The third-order valence-electron chi connectivity index (χ3n) is 4.90. The Labute approximate surface area is 142 Å². The van der Waals surface area contributed by atoms with E-state index < -0.39 is 6.10 Å². The van der Waals surface area contributed by atoms with E-state index in [1.54, 1.807) is 0 Å².